The van der Waals surface area contributed by atoms with E-state index in [2.05, 4.69) is 27.5 Å². The van der Waals surface area contributed by atoms with Crippen LogP contribution in [-0.4, -0.2) is 40.2 Å². The molecule has 0 saturated heterocycles. The number of imidazole rings is 1. The monoisotopic (exact) mass is 454 g/mol. The van der Waals surface area contributed by atoms with Gasteiger partial charge in [0.25, 0.3) is 5.91 Å². The van der Waals surface area contributed by atoms with Crippen molar-refractivity contribution >= 4 is 23.0 Å². The van der Waals surface area contributed by atoms with E-state index in [1.165, 1.54) is 12.1 Å². The maximum absolute atomic E-state index is 13.2. The van der Waals surface area contributed by atoms with E-state index in [9.17, 15) is 14.0 Å². The number of ether oxygens (including phenoxy) is 1. The third-order valence-electron chi connectivity index (χ3n) is 5.01. The van der Waals surface area contributed by atoms with Gasteiger partial charge in [0, 0.05) is 12.6 Å². The molecule has 0 radical (unpaired) electrons. The summed E-state index contributed by atoms with van der Waals surface area (Å²) >= 11 is 0. The van der Waals surface area contributed by atoms with Crippen LogP contribution in [0.3, 0.4) is 0 Å². The van der Waals surface area contributed by atoms with Gasteiger partial charge in [-0.2, -0.15) is 0 Å². The predicted molar refractivity (Wildman–Crippen MR) is 127 cm³/mol. The molecule has 1 atom stereocenters. The zero-order valence-electron chi connectivity index (χ0n) is 19.5. The number of aromatic amines is 1. The van der Waals surface area contributed by atoms with Crippen molar-refractivity contribution in [3.63, 3.8) is 0 Å². The van der Waals surface area contributed by atoms with E-state index in [4.69, 9.17) is 4.74 Å². The van der Waals surface area contributed by atoms with Gasteiger partial charge in [-0.15, -0.1) is 0 Å². The van der Waals surface area contributed by atoms with Crippen LogP contribution in [0.1, 0.15) is 57.6 Å². The Bertz CT molecular complexity index is 1100. The summed E-state index contributed by atoms with van der Waals surface area (Å²) in [6.45, 7) is 7.74. The molecule has 3 N–H and O–H groups in total. The fourth-order valence-electron chi connectivity index (χ4n) is 3.39. The Hall–Kier alpha value is -3.42. The molecule has 1 heterocycles. The number of fused-ring (bicyclic) bond motifs is 1. The first-order valence-electron chi connectivity index (χ1n) is 11.2. The Morgan fingerprint density at radius 2 is 1.82 bits per heavy atom. The summed E-state index contributed by atoms with van der Waals surface area (Å²) in [5, 5.41) is 5.68. The lowest BCUT2D eigenvalue weighted by Crippen LogP contribution is -2.45. The molecule has 0 unspecified atom stereocenters. The SMILES string of the molecule is CCCC[C@@H](CNC(=O)c1nc2ccc(-c3ccc(F)cc3)cc2[nH]1)NC(=O)OC(C)(C)C. The molecule has 7 nitrogen and oxygen atoms in total. The van der Waals surface area contributed by atoms with Gasteiger partial charge in [0.2, 0.25) is 0 Å². The summed E-state index contributed by atoms with van der Waals surface area (Å²) in [6.07, 6.45) is 2.10. The predicted octanol–water partition coefficient (Wildman–Crippen LogP) is 5.18. The van der Waals surface area contributed by atoms with Gasteiger partial charge >= 0.3 is 6.09 Å². The van der Waals surface area contributed by atoms with Crippen LogP contribution in [0.25, 0.3) is 22.2 Å². The topological polar surface area (TPSA) is 96.1 Å². The zero-order chi connectivity index (χ0) is 24.0. The Morgan fingerprint density at radius 1 is 1.12 bits per heavy atom. The highest BCUT2D eigenvalue weighted by Gasteiger charge is 2.20. The fourth-order valence-corrected chi connectivity index (χ4v) is 3.39. The minimum absolute atomic E-state index is 0.188. The molecular weight excluding hydrogens is 423 g/mol. The van der Waals surface area contributed by atoms with E-state index < -0.39 is 11.7 Å². The number of benzene rings is 2. The minimum atomic E-state index is -0.594. The third-order valence-corrected chi connectivity index (χ3v) is 5.01. The zero-order valence-corrected chi connectivity index (χ0v) is 19.5. The first kappa shape index (κ1) is 24.2. The number of hydrogen-bond acceptors (Lipinski definition) is 4. The number of rotatable bonds is 8. The molecule has 3 rings (SSSR count). The summed E-state index contributed by atoms with van der Waals surface area (Å²) in [5.74, 6) is -0.464. The molecule has 176 valence electrons. The lowest BCUT2D eigenvalue weighted by atomic mass is 10.1. The van der Waals surface area contributed by atoms with Gasteiger partial charge in [-0.25, -0.2) is 14.2 Å². The summed E-state index contributed by atoms with van der Waals surface area (Å²) in [4.78, 5) is 32.3. The summed E-state index contributed by atoms with van der Waals surface area (Å²) in [7, 11) is 0. The minimum Gasteiger partial charge on any atom is -0.444 e. The Balaban J connectivity index is 1.66. The molecule has 2 amide bonds. The first-order chi connectivity index (χ1) is 15.6. The number of aromatic nitrogens is 2. The van der Waals surface area contributed by atoms with Crippen molar-refractivity contribution in [2.75, 3.05) is 6.54 Å². The quantitative estimate of drug-likeness (QED) is 0.437. The number of hydrogen-bond donors (Lipinski definition) is 3. The van der Waals surface area contributed by atoms with Gasteiger partial charge in [0.15, 0.2) is 5.82 Å². The molecule has 0 saturated carbocycles. The van der Waals surface area contributed by atoms with Crippen molar-refractivity contribution in [1.82, 2.24) is 20.6 Å². The van der Waals surface area contributed by atoms with E-state index in [0.29, 0.717) is 11.0 Å². The lowest BCUT2D eigenvalue weighted by molar-refractivity contribution is 0.0498. The smallest absolute Gasteiger partial charge is 0.407 e. The first-order valence-corrected chi connectivity index (χ1v) is 11.2. The summed E-state index contributed by atoms with van der Waals surface area (Å²) in [5.41, 5.74) is 2.52. The van der Waals surface area contributed by atoms with Gasteiger partial charge in [0.05, 0.1) is 11.0 Å². The molecule has 0 bridgehead atoms. The molecule has 0 aliphatic heterocycles. The number of carbonyl (C=O) groups is 2. The van der Waals surface area contributed by atoms with Crippen LogP contribution in [-0.2, 0) is 4.74 Å². The van der Waals surface area contributed by atoms with Crippen molar-refractivity contribution in [3.05, 3.63) is 54.1 Å². The van der Waals surface area contributed by atoms with Crippen molar-refractivity contribution in [2.24, 2.45) is 0 Å². The van der Waals surface area contributed by atoms with E-state index in [-0.39, 0.29) is 30.1 Å². The number of alkyl carbamates (subject to hydrolysis) is 1. The highest BCUT2D eigenvalue weighted by atomic mass is 19.1. The van der Waals surface area contributed by atoms with Crippen LogP contribution in [0.15, 0.2) is 42.5 Å². The van der Waals surface area contributed by atoms with E-state index >= 15 is 0 Å². The number of unbranched alkanes of at least 4 members (excludes halogenated alkanes) is 1. The molecular formula is C25H31FN4O3. The summed E-state index contributed by atoms with van der Waals surface area (Å²) in [6, 6.07) is 11.5. The van der Waals surface area contributed by atoms with Crippen molar-refractivity contribution in [3.8, 4) is 11.1 Å². The Labute approximate surface area is 193 Å². The molecule has 0 spiro atoms. The van der Waals surface area contributed by atoms with Crippen molar-refractivity contribution in [1.29, 1.82) is 0 Å². The molecule has 0 fully saturated rings. The average molecular weight is 455 g/mol. The maximum atomic E-state index is 13.2. The second-order valence-electron chi connectivity index (χ2n) is 9.02. The van der Waals surface area contributed by atoms with Crippen LogP contribution in [0.2, 0.25) is 0 Å². The van der Waals surface area contributed by atoms with Crippen LogP contribution in [0.5, 0.6) is 0 Å². The van der Waals surface area contributed by atoms with Gasteiger partial charge < -0.3 is 20.4 Å². The number of nitrogens with one attached hydrogen (secondary N) is 3. The second kappa shape index (κ2) is 10.5. The highest BCUT2D eigenvalue weighted by Crippen LogP contribution is 2.23. The number of halogens is 1. The highest BCUT2D eigenvalue weighted by molar-refractivity contribution is 5.95. The lowest BCUT2D eigenvalue weighted by Gasteiger charge is -2.23. The van der Waals surface area contributed by atoms with Gasteiger partial charge in [0.1, 0.15) is 11.4 Å². The number of carbonyl (C=O) groups excluding carboxylic acids is 2. The standard InChI is InChI=1S/C25H31FN4O3/c1-5-6-7-19(28-24(32)33-25(2,3)4)15-27-23(31)22-29-20-13-10-17(14-21(20)30-22)16-8-11-18(26)12-9-16/h8-14,19H,5-7,15H2,1-4H3,(H,27,31)(H,28,32)(H,29,30)/t19-/m0/s1. The molecule has 0 aliphatic carbocycles. The maximum Gasteiger partial charge on any atom is 0.407 e. The second-order valence-corrected chi connectivity index (χ2v) is 9.02. The van der Waals surface area contributed by atoms with Gasteiger partial charge in [-0.05, 0) is 62.6 Å². The van der Waals surface area contributed by atoms with Gasteiger partial charge in [-0.1, -0.05) is 38.0 Å². The molecule has 8 heteroatoms. The Kier molecular flexibility index (Phi) is 7.68. The molecule has 0 aliphatic rings. The van der Waals surface area contributed by atoms with E-state index in [1.54, 1.807) is 32.9 Å². The molecule has 3 aromatic rings. The number of amides is 2. The average Bonchev–Trinajstić information content (AvgIpc) is 3.18. The normalized spacial score (nSPS) is 12.4. The number of H-pyrrole nitrogens is 1. The summed E-state index contributed by atoms with van der Waals surface area (Å²) < 4.78 is 18.5. The van der Waals surface area contributed by atoms with Crippen molar-refractivity contribution in [2.45, 2.75) is 58.6 Å². The molecule has 1 aromatic heterocycles. The van der Waals surface area contributed by atoms with Crippen LogP contribution in [0.4, 0.5) is 9.18 Å². The van der Waals surface area contributed by atoms with E-state index in [0.717, 1.165) is 30.4 Å². The number of nitrogens with zero attached hydrogens (tertiary/aromatic N) is 1. The molecule has 2 aromatic carbocycles. The fraction of sp³-hybridized carbons (Fsp3) is 0.400. The van der Waals surface area contributed by atoms with Crippen molar-refractivity contribution < 1.29 is 18.7 Å². The largest absolute Gasteiger partial charge is 0.444 e. The van der Waals surface area contributed by atoms with Crippen LogP contribution >= 0.6 is 0 Å². The van der Waals surface area contributed by atoms with Gasteiger partial charge in [-0.3, -0.25) is 4.79 Å². The van der Waals surface area contributed by atoms with Crippen LogP contribution in [0, 0.1) is 5.82 Å². The van der Waals surface area contributed by atoms with E-state index in [1.807, 2.05) is 18.2 Å². The Morgan fingerprint density at radius 3 is 2.48 bits per heavy atom. The molecule has 33 heavy (non-hydrogen) atoms. The third kappa shape index (κ3) is 7.03. The van der Waals surface area contributed by atoms with Crippen LogP contribution < -0.4 is 10.6 Å².